The maximum Gasteiger partial charge on any atom is 0.211 e. The van der Waals surface area contributed by atoms with E-state index in [1.54, 1.807) is 6.92 Å². The Morgan fingerprint density at radius 2 is 1.94 bits per heavy atom. The normalized spacial score (nSPS) is 12.6. The molecular formula is C13H18N2O2S. The lowest BCUT2D eigenvalue weighted by Crippen LogP contribution is -2.28. The number of rotatable bonds is 4. The monoisotopic (exact) mass is 266 g/mol. The van der Waals surface area contributed by atoms with E-state index in [1.807, 2.05) is 31.2 Å². The van der Waals surface area contributed by atoms with E-state index < -0.39 is 10.0 Å². The number of nitrogens with one attached hydrogen (secondary N) is 1. The molecule has 0 bridgehead atoms. The standard InChI is InChI=1S/C13H18N2O2S/c1-3-18(16,17)15-11(2)13-8-6-12(7-9-13)5-4-10-14/h6-9,11,15H,3,10,14H2,1-2H3. The predicted octanol–water partition coefficient (Wildman–Crippen LogP) is 0.997. The molecule has 5 heteroatoms. The maximum atomic E-state index is 11.4. The molecule has 1 aromatic rings. The summed E-state index contributed by atoms with van der Waals surface area (Å²) in [5.41, 5.74) is 7.07. The highest BCUT2D eigenvalue weighted by Gasteiger charge is 2.13. The van der Waals surface area contributed by atoms with Crippen LogP contribution < -0.4 is 10.5 Å². The Morgan fingerprint density at radius 1 is 1.33 bits per heavy atom. The van der Waals surface area contributed by atoms with Gasteiger partial charge in [-0.2, -0.15) is 0 Å². The molecule has 3 N–H and O–H groups in total. The summed E-state index contributed by atoms with van der Waals surface area (Å²) >= 11 is 0. The Labute approximate surface area is 109 Å². The van der Waals surface area contributed by atoms with E-state index in [0.717, 1.165) is 11.1 Å². The van der Waals surface area contributed by atoms with Crippen LogP contribution in [0, 0.1) is 11.8 Å². The Kier molecular flexibility index (Phi) is 5.35. The first-order chi connectivity index (χ1) is 8.48. The van der Waals surface area contributed by atoms with Gasteiger partial charge in [-0.3, -0.25) is 0 Å². The van der Waals surface area contributed by atoms with Gasteiger partial charge in [-0.15, -0.1) is 0 Å². The van der Waals surface area contributed by atoms with Crippen molar-refractivity contribution in [3.63, 3.8) is 0 Å². The lowest BCUT2D eigenvalue weighted by atomic mass is 10.1. The highest BCUT2D eigenvalue weighted by molar-refractivity contribution is 7.89. The molecule has 98 valence electrons. The second-order valence-electron chi connectivity index (χ2n) is 3.87. The number of hydrogen-bond acceptors (Lipinski definition) is 3. The number of hydrogen-bond donors (Lipinski definition) is 2. The first-order valence-electron chi connectivity index (χ1n) is 5.77. The molecule has 1 atom stereocenters. The first kappa shape index (κ1) is 14.7. The van der Waals surface area contributed by atoms with Crippen molar-refractivity contribution in [3.8, 4) is 11.8 Å². The molecule has 4 nitrogen and oxygen atoms in total. The molecule has 0 spiro atoms. The van der Waals surface area contributed by atoms with E-state index in [9.17, 15) is 8.42 Å². The van der Waals surface area contributed by atoms with Gasteiger partial charge in [0, 0.05) is 11.6 Å². The van der Waals surface area contributed by atoms with Crippen LogP contribution in [-0.2, 0) is 10.0 Å². The Morgan fingerprint density at radius 3 is 2.44 bits per heavy atom. The van der Waals surface area contributed by atoms with Crippen molar-refractivity contribution in [2.45, 2.75) is 19.9 Å². The van der Waals surface area contributed by atoms with Gasteiger partial charge in [0.05, 0.1) is 12.3 Å². The molecule has 0 aromatic heterocycles. The summed E-state index contributed by atoms with van der Waals surface area (Å²) in [6.07, 6.45) is 0. The number of sulfonamides is 1. The minimum atomic E-state index is -3.19. The molecule has 0 saturated heterocycles. The van der Waals surface area contributed by atoms with Crippen molar-refractivity contribution in [1.82, 2.24) is 4.72 Å². The van der Waals surface area contributed by atoms with Gasteiger partial charge in [0.2, 0.25) is 10.0 Å². The smallest absolute Gasteiger partial charge is 0.211 e. The Bertz CT molecular complexity index is 539. The fourth-order valence-electron chi connectivity index (χ4n) is 1.43. The van der Waals surface area contributed by atoms with Crippen LogP contribution in [-0.4, -0.2) is 20.7 Å². The quantitative estimate of drug-likeness (QED) is 0.799. The second kappa shape index (κ2) is 6.55. The van der Waals surface area contributed by atoms with Crippen LogP contribution in [0.15, 0.2) is 24.3 Å². The van der Waals surface area contributed by atoms with Gasteiger partial charge in [0.15, 0.2) is 0 Å². The molecule has 0 radical (unpaired) electrons. The molecule has 1 unspecified atom stereocenters. The van der Waals surface area contributed by atoms with Crippen molar-refractivity contribution >= 4 is 10.0 Å². The van der Waals surface area contributed by atoms with E-state index >= 15 is 0 Å². The van der Waals surface area contributed by atoms with Crippen LogP contribution in [0.3, 0.4) is 0 Å². The van der Waals surface area contributed by atoms with Crippen molar-refractivity contribution in [3.05, 3.63) is 35.4 Å². The summed E-state index contributed by atoms with van der Waals surface area (Å²) < 4.78 is 25.5. The zero-order valence-corrected chi connectivity index (χ0v) is 11.4. The molecule has 0 aliphatic heterocycles. The minimum absolute atomic E-state index is 0.0808. The van der Waals surface area contributed by atoms with Gasteiger partial charge in [-0.1, -0.05) is 24.0 Å². The SMILES string of the molecule is CCS(=O)(=O)NC(C)c1ccc(C#CCN)cc1. The zero-order chi connectivity index (χ0) is 13.6. The Balaban J connectivity index is 2.79. The maximum absolute atomic E-state index is 11.4. The third-order valence-electron chi connectivity index (χ3n) is 2.48. The van der Waals surface area contributed by atoms with Crippen LogP contribution in [0.1, 0.15) is 31.0 Å². The summed E-state index contributed by atoms with van der Waals surface area (Å²) in [5, 5.41) is 0. The number of nitrogens with two attached hydrogens (primary N) is 1. The summed E-state index contributed by atoms with van der Waals surface area (Å²) in [4.78, 5) is 0. The van der Waals surface area contributed by atoms with E-state index in [0.29, 0.717) is 6.54 Å². The molecular weight excluding hydrogens is 248 g/mol. The first-order valence-corrected chi connectivity index (χ1v) is 7.42. The summed E-state index contributed by atoms with van der Waals surface area (Å²) in [6.45, 7) is 3.75. The van der Waals surface area contributed by atoms with E-state index in [2.05, 4.69) is 16.6 Å². The lowest BCUT2D eigenvalue weighted by Gasteiger charge is -2.13. The van der Waals surface area contributed by atoms with Gasteiger partial charge >= 0.3 is 0 Å². The van der Waals surface area contributed by atoms with Gasteiger partial charge in [0.1, 0.15) is 0 Å². The minimum Gasteiger partial charge on any atom is -0.320 e. The zero-order valence-electron chi connectivity index (χ0n) is 10.6. The Hall–Kier alpha value is -1.35. The molecule has 0 fully saturated rings. The highest BCUT2D eigenvalue weighted by atomic mass is 32.2. The van der Waals surface area contributed by atoms with Crippen molar-refractivity contribution in [2.75, 3.05) is 12.3 Å². The van der Waals surface area contributed by atoms with Crippen molar-refractivity contribution in [2.24, 2.45) is 5.73 Å². The van der Waals surface area contributed by atoms with E-state index in [4.69, 9.17) is 5.73 Å². The van der Waals surface area contributed by atoms with E-state index in [-0.39, 0.29) is 11.8 Å². The average molecular weight is 266 g/mol. The lowest BCUT2D eigenvalue weighted by molar-refractivity contribution is 0.568. The molecule has 1 aromatic carbocycles. The predicted molar refractivity (Wildman–Crippen MR) is 73.4 cm³/mol. The van der Waals surface area contributed by atoms with Crippen molar-refractivity contribution < 1.29 is 8.42 Å². The van der Waals surface area contributed by atoms with Crippen molar-refractivity contribution in [1.29, 1.82) is 0 Å². The fourth-order valence-corrected chi connectivity index (χ4v) is 2.27. The van der Waals surface area contributed by atoms with Crippen LogP contribution in [0.25, 0.3) is 0 Å². The topological polar surface area (TPSA) is 72.2 Å². The van der Waals surface area contributed by atoms with E-state index in [1.165, 1.54) is 0 Å². The fraction of sp³-hybridized carbons (Fsp3) is 0.385. The largest absolute Gasteiger partial charge is 0.320 e. The van der Waals surface area contributed by atoms with Gasteiger partial charge < -0.3 is 5.73 Å². The van der Waals surface area contributed by atoms with Gasteiger partial charge in [-0.25, -0.2) is 13.1 Å². The van der Waals surface area contributed by atoms with Crippen LogP contribution in [0.2, 0.25) is 0 Å². The molecule has 0 aliphatic rings. The second-order valence-corrected chi connectivity index (χ2v) is 5.91. The average Bonchev–Trinajstić information content (AvgIpc) is 2.36. The third-order valence-corrected chi connectivity index (χ3v) is 3.95. The molecule has 1 rings (SSSR count). The molecule has 0 amide bonds. The molecule has 0 aliphatic carbocycles. The third kappa shape index (κ3) is 4.49. The molecule has 18 heavy (non-hydrogen) atoms. The van der Waals surface area contributed by atoms with Gasteiger partial charge in [-0.05, 0) is 31.5 Å². The van der Waals surface area contributed by atoms with Crippen LogP contribution in [0.5, 0.6) is 0 Å². The van der Waals surface area contributed by atoms with Crippen LogP contribution in [0.4, 0.5) is 0 Å². The summed E-state index contributed by atoms with van der Waals surface area (Å²) in [7, 11) is -3.19. The van der Waals surface area contributed by atoms with Gasteiger partial charge in [0.25, 0.3) is 0 Å². The molecule has 0 heterocycles. The van der Waals surface area contributed by atoms with Crippen LogP contribution >= 0.6 is 0 Å². The summed E-state index contributed by atoms with van der Waals surface area (Å²) in [5.74, 6) is 5.76. The molecule has 0 saturated carbocycles. The summed E-state index contributed by atoms with van der Waals surface area (Å²) in [6, 6.07) is 7.20. The number of benzene rings is 1. The highest BCUT2D eigenvalue weighted by Crippen LogP contribution is 2.14.